The van der Waals surface area contributed by atoms with Gasteiger partial charge < -0.3 is 10.2 Å². The molecule has 4 saturated carbocycles. The molecule has 0 saturated heterocycles. The second-order valence-corrected chi connectivity index (χ2v) is 9.75. The Balaban J connectivity index is 1.63. The van der Waals surface area contributed by atoms with Crippen molar-refractivity contribution in [3.05, 3.63) is 0 Å². The quantitative estimate of drug-likeness (QED) is 0.812. The van der Waals surface area contributed by atoms with Gasteiger partial charge in [0.15, 0.2) is 0 Å². The molecule has 0 aliphatic heterocycles. The van der Waals surface area contributed by atoms with E-state index in [2.05, 4.69) is 6.92 Å². The fourth-order valence-electron chi connectivity index (χ4n) is 7.93. The molecule has 4 aliphatic carbocycles. The lowest BCUT2D eigenvalue weighted by Gasteiger charge is -2.60. The fraction of sp³-hybridized carbons (Fsp3) is 0.952. The third kappa shape index (κ3) is 2.19. The van der Waals surface area contributed by atoms with Crippen LogP contribution in [0.4, 0.5) is 0 Å². The van der Waals surface area contributed by atoms with Crippen LogP contribution in [0.15, 0.2) is 0 Å². The van der Waals surface area contributed by atoms with Crippen LogP contribution in [-0.4, -0.2) is 28.7 Å². The van der Waals surface area contributed by atoms with Crippen LogP contribution in [0, 0.1) is 40.4 Å². The summed E-state index contributed by atoms with van der Waals surface area (Å²) in [7, 11) is 0. The van der Waals surface area contributed by atoms with Crippen molar-refractivity contribution in [2.75, 3.05) is 6.61 Å². The van der Waals surface area contributed by atoms with Gasteiger partial charge in [-0.2, -0.15) is 0 Å². The van der Waals surface area contributed by atoms with Gasteiger partial charge in [0.1, 0.15) is 5.78 Å². The number of fused-ring (bicyclic) bond motifs is 5. The van der Waals surface area contributed by atoms with Gasteiger partial charge in [-0.25, -0.2) is 0 Å². The van der Waals surface area contributed by atoms with Crippen molar-refractivity contribution in [1.82, 2.24) is 0 Å². The topological polar surface area (TPSA) is 57.5 Å². The predicted octanol–water partition coefficient (Wildman–Crippen LogP) is 3.57. The first-order chi connectivity index (χ1) is 11.4. The van der Waals surface area contributed by atoms with E-state index >= 15 is 0 Å². The average Bonchev–Trinajstić information content (AvgIpc) is 2.95. The van der Waals surface area contributed by atoms with Crippen LogP contribution in [0.5, 0.6) is 0 Å². The lowest BCUT2D eigenvalue weighted by Crippen LogP contribution is -2.55. The molecule has 0 heterocycles. The SMILES string of the molecule is C[C@@H](O)C1CC[C@H]2[C@@H]3CC[C@H]4CC(=O)CCC4(C)[C@H]3CCC12CO. The molecule has 3 nitrogen and oxygen atoms in total. The molecule has 0 aromatic heterocycles. The lowest BCUT2D eigenvalue weighted by atomic mass is 9.44. The number of aliphatic hydroxyl groups is 2. The van der Waals surface area contributed by atoms with Gasteiger partial charge in [-0.3, -0.25) is 4.79 Å². The summed E-state index contributed by atoms with van der Waals surface area (Å²) in [6.07, 6.45) is 9.30. The highest BCUT2D eigenvalue weighted by Crippen LogP contribution is 2.67. The minimum Gasteiger partial charge on any atom is -0.396 e. The summed E-state index contributed by atoms with van der Waals surface area (Å²) in [4.78, 5) is 12.0. The number of hydrogen-bond donors (Lipinski definition) is 2. The molecule has 0 aromatic rings. The molecule has 8 atom stereocenters. The molecular weight excluding hydrogens is 300 g/mol. The van der Waals surface area contributed by atoms with E-state index < -0.39 is 0 Å². The zero-order valence-corrected chi connectivity index (χ0v) is 15.3. The Morgan fingerprint density at radius 1 is 1.12 bits per heavy atom. The number of carbonyl (C=O) groups excluding carboxylic acids is 1. The third-order valence-electron chi connectivity index (χ3n) is 9.14. The number of rotatable bonds is 2. The maximum Gasteiger partial charge on any atom is 0.133 e. The van der Waals surface area contributed by atoms with Gasteiger partial charge in [-0.05, 0) is 86.9 Å². The van der Waals surface area contributed by atoms with Crippen LogP contribution in [0.2, 0.25) is 0 Å². The van der Waals surface area contributed by atoms with E-state index in [-0.39, 0.29) is 24.0 Å². The molecule has 0 aromatic carbocycles. The number of aliphatic hydroxyl groups excluding tert-OH is 2. The standard InChI is InChI=1S/C21H34O3/c1-13(23)17-5-6-19-16-4-3-14-11-15(24)7-9-20(14,2)18(16)8-10-21(17,19)12-22/h13-14,16-19,22-23H,3-12H2,1-2H3/t13-,14+,16-,17?,18+,19+,20?,21?/m1/s1. The van der Waals surface area contributed by atoms with Gasteiger partial charge in [0, 0.05) is 24.9 Å². The van der Waals surface area contributed by atoms with E-state index in [4.69, 9.17) is 0 Å². The van der Waals surface area contributed by atoms with Crippen molar-refractivity contribution in [2.45, 2.75) is 77.7 Å². The molecule has 4 rings (SSSR count). The highest BCUT2D eigenvalue weighted by molar-refractivity contribution is 5.79. The molecular formula is C21H34O3. The average molecular weight is 335 g/mol. The summed E-state index contributed by atoms with van der Waals surface area (Å²) >= 11 is 0. The van der Waals surface area contributed by atoms with Crippen LogP contribution < -0.4 is 0 Å². The van der Waals surface area contributed by atoms with E-state index in [1.807, 2.05) is 6.92 Å². The number of hydrogen-bond acceptors (Lipinski definition) is 3. The maximum atomic E-state index is 12.0. The fourth-order valence-corrected chi connectivity index (χ4v) is 7.93. The number of ketones is 1. The summed E-state index contributed by atoms with van der Waals surface area (Å²) in [6, 6.07) is 0. The minimum absolute atomic E-state index is 0.0387. The van der Waals surface area contributed by atoms with Crippen molar-refractivity contribution >= 4 is 5.78 Å². The molecule has 136 valence electrons. The van der Waals surface area contributed by atoms with Crippen molar-refractivity contribution in [1.29, 1.82) is 0 Å². The second-order valence-electron chi connectivity index (χ2n) is 9.75. The predicted molar refractivity (Wildman–Crippen MR) is 93.3 cm³/mol. The summed E-state index contributed by atoms with van der Waals surface area (Å²) in [5.41, 5.74) is 0.296. The highest BCUT2D eigenvalue weighted by Gasteiger charge is 2.62. The third-order valence-corrected chi connectivity index (χ3v) is 9.14. The van der Waals surface area contributed by atoms with E-state index in [9.17, 15) is 15.0 Å². The first-order valence-corrected chi connectivity index (χ1v) is 10.2. The minimum atomic E-state index is -0.307. The Labute approximate surface area is 146 Å². The Morgan fingerprint density at radius 2 is 1.92 bits per heavy atom. The second kappa shape index (κ2) is 5.81. The lowest BCUT2D eigenvalue weighted by molar-refractivity contribution is -0.148. The Hall–Kier alpha value is -0.410. The van der Waals surface area contributed by atoms with Gasteiger partial charge in [-0.1, -0.05) is 6.92 Å². The molecule has 24 heavy (non-hydrogen) atoms. The van der Waals surface area contributed by atoms with Gasteiger partial charge in [-0.15, -0.1) is 0 Å². The van der Waals surface area contributed by atoms with Crippen LogP contribution >= 0.6 is 0 Å². The normalized spacial score (nSPS) is 52.3. The van der Waals surface area contributed by atoms with Gasteiger partial charge in [0.05, 0.1) is 6.10 Å². The smallest absolute Gasteiger partial charge is 0.133 e. The van der Waals surface area contributed by atoms with E-state index in [1.54, 1.807) is 0 Å². The zero-order chi connectivity index (χ0) is 17.1. The Morgan fingerprint density at radius 3 is 2.62 bits per heavy atom. The van der Waals surface area contributed by atoms with Crippen molar-refractivity contribution in [2.24, 2.45) is 40.4 Å². The van der Waals surface area contributed by atoms with E-state index in [1.165, 1.54) is 25.7 Å². The molecule has 4 fully saturated rings. The molecule has 3 heteroatoms. The van der Waals surface area contributed by atoms with Crippen molar-refractivity contribution < 1.29 is 15.0 Å². The summed E-state index contributed by atoms with van der Waals surface area (Å²) in [6.45, 7) is 4.63. The van der Waals surface area contributed by atoms with Gasteiger partial charge >= 0.3 is 0 Å². The molecule has 2 N–H and O–H groups in total. The first-order valence-electron chi connectivity index (χ1n) is 10.2. The summed E-state index contributed by atoms with van der Waals surface area (Å²) in [5.74, 6) is 3.34. The van der Waals surface area contributed by atoms with Gasteiger partial charge in [0.2, 0.25) is 0 Å². The van der Waals surface area contributed by atoms with Gasteiger partial charge in [0.25, 0.3) is 0 Å². The summed E-state index contributed by atoms with van der Waals surface area (Å²) < 4.78 is 0. The monoisotopic (exact) mass is 334 g/mol. The molecule has 0 bridgehead atoms. The maximum absolute atomic E-state index is 12.0. The molecule has 0 amide bonds. The Bertz CT molecular complexity index is 515. The van der Waals surface area contributed by atoms with E-state index in [0.29, 0.717) is 29.0 Å². The van der Waals surface area contributed by atoms with Crippen LogP contribution in [0.25, 0.3) is 0 Å². The largest absolute Gasteiger partial charge is 0.396 e. The molecule has 0 radical (unpaired) electrons. The van der Waals surface area contributed by atoms with Crippen LogP contribution in [0.1, 0.15) is 71.6 Å². The molecule has 3 unspecified atom stereocenters. The van der Waals surface area contributed by atoms with Crippen LogP contribution in [0.3, 0.4) is 0 Å². The number of carbonyl (C=O) groups is 1. The highest BCUT2D eigenvalue weighted by atomic mass is 16.3. The first kappa shape index (κ1) is 17.0. The molecule has 0 spiro atoms. The molecule has 4 aliphatic rings. The van der Waals surface area contributed by atoms with E-state index in [0.717, 1.165) is 38.0 Å². The van der Waals surface area contributed by atoms with Crippen molar-refractivity contribution in [3.8, 4) is 0 Å². The summed E-state index contributed by atoms with van der Waals surface area (Å²) in [5, 5.41) is 20.6. The van der Waals surface area contributed by atoms with Crippen molar-refractivity contribution in [3.63, 3.8) is 0 Å². The van der Waals surface area contributed by atoms with Crippen LogP contribution in [-0.2, 0) is 4.79 Å². The zero-order valence-electron chi connectivity index (χ0n) is 15.3. The number of Topliss-reactive ketones (excluding diaryl/α,β-unsaturated/α-hetero) is 1. The Kier molecular flexibility index (Phi) is 4.12.